The molecule has 0 aliphatic rings. The Morgan fingerprint density at radius 2 is 1.25 bits per heavy atom. The first kappa shape index (κ1) is 49.5. The van der Waals surface area contributed by atoms with Gasteiger partial charge in [-0.2, -0.15) is 10.2 Å². The minimum absolute atomic E-state index is 0.00929. The third-order valence-electron chi connectivity index (χ3n) is 9.00. The van der Waals surface area contributed by atoms with Crippen molar-refractivity contribution in [1.29, 1.82) is 5.26 Å². The van der Waals surface area contributed by atoms with Crippen molar-refractivity contribution in [3.63, 3.8) is 0 Å². The number of urea groups is 1. The van der Waals surface area contributed by atoms with Gasteiger partial charge in [-0.3, -0.25) is 14.1 Å². The number of hydrogen-bond donors (Lipinski definition) is 3. The molecule has 2 unspecified atom stereocenters. The lowest BCUT2D eigenvalue weighted by Crippen LogP contribution is -2.31. The molecule has 4 heterocycles. The zero-order valence-electron chi connectivity index (χ0n) is 36.2. The van der Waals surface area contributed by atoms with Gasteiger partial charge in [0.25, 0.3) is 17.9 Å². The van der Waals surface area contributed by atoms with Crippen molar-refractivity contribution in [2.45, 2.75) is 89.4 Å². The molecule has 2 amide bonds. The van der Waals surface area contributed by atoms with Crippen LogP contribution in [0.1, 0.15) is 90.4 Å². The predicted octanol–water partition coefficient (Wildman–Crippen LogP) is 10.1. The predicted molar refractivity (Wildman–Crippen MR) is 241 cm³/mol. The summed E-state index contributed by atoms with van der Waals surface area (Å²) >= 11 is 0. The molecular weight excluding hydrogens is 863 g/mol. The maximum atomic E-state index is 14.4. The summed E-state index contributed by atoms with van der Waals surface area (Å²) in [6.45, 7) is 29.5. The fraction of sp³-hybridized carbons (Fsp3) is 0.273. The number of nitrogens with two attached hydrogens (primary N) is 1. The SMILES string of the molecule is CC(C)n1ccc(S(N)=O)n1.[C-]#[N+]c1cc(-c2cc(F)cc(C(C)C)c2NC(=O)NS(=O)c2ccn(C(C)C)n2)ccn1.[C-]#[N+]c1cc(-c2cc(F)cc(C(C)C)c2OC#N)ccn1. The van der Waals surface area contributed by atoms with Crippen molar-refractivity contribution < 1.29 is 26.7 Å². The van der Waals surface area contributed by atoms with Gasteiger partial charge in [0.05, 0.1) is 5.69 Å². The van der Waals surface area contributed by atoms with E-state index in [1.165, 1.54) is 48.8 Å². The van der Waals surface area contributed by atoms with Crippen molar-refractivity contribution in [2.24, 2.45) is 5.14 Å². The maximum absolute atomic E-state index is 14.4. The zero-order valence-corrected chi connectivity index (χ0v) is 37.8. The Labute approximate surface area is 375 Å². The van der Waals surface area contributed by atoms with Crippen LogP contribution in [0.25, 0.3) is 31.9 Å². The lowest BCUT2D eigenvalue weighted by atomic mass is 9.94. The van der Waals surface area contributed by atoms with E-state index in [-0.39, 0.29) is 40.6 Å². The van der Waals surface area contributed by atoms with E-state index in [0.29, 0.717) is 49.8 Å². The van der Waals surface area contributed by atoms with Gasteiger partial charge in [-0.15, -0.1) is 15.2 Å². The van der Waals surface area contributed by atoms with Crippen LogP contribution in [-0.2, 0) is 22.0 Å². The summed E-state index contributed by atoms with van der Waals surface area (Å²) in [6.07, 6.45) is 8.01. The van der Waals surface area contributed by atoms with Crippen LogP contribution in [0.4, 0.5) is 30.9 Å². The summed E-state index contributed by atoms with van der Waals surface area (Å²) in [4.78, 5) is 27.1. The number of benzene rings is 2. The van der Waals surface area contributed by atoms with Gasteiger partial charge in [-0.25, -0.2) is 27.1 Å². The van der Waals surface area contributed by atoms with E-state index in [2.05, 4.69) is 39.9 Å². The zero-order chi connectivity index (χ0) is 47.2. The highest BCUT2D eigenvalue weighted by atomic mass is 32.2. The number of nitriles is 1. The molecule has 0 saturated heterocycles. The second kappa shape index (κ2) is 22.8. The highest BCUT2D eigenvalue weighted by molar-refractivity contribution is 7.83. The molecule has 0 aliphatic carbocycles. The Morgan fingerprint density at radius 3 is 1.70 bits per heavy atom. The summed E-state index contributed by atoms with van der Waals surface area (Å²) in [7, 11) is -3.34. The molecule has 0 spiro atoms. The molecule has 0 radical (unpaired) electrons. The number of halogens is 2. The Bertz CT molecular complexity index is 2790. The molecule has 6 aromatic rings. The second-order valence-corrected chi connectivity index (χ2v) is 17.1. The molecule has 20 heteroatoms. The van der Waals surface area contributed by atoms with Gasteiger partial charge in [0.2, 0.25) is 0 Å². The number of carbonyl (C=O) groups is 1. The van der Waals surface area contributed by atoms with Crippen molar-refractivity contribution in [3.8, 4) is 34.3 Å². The number of pyridine rings is 2. The van der Waals surface area contributed by atoms with E-state index in [1.54, 1.807) is 52.3 Å². The molecule has 2 aromatic carbocycles. The summed E-state index contributed by atoms with van der Waals surface area (Å²) < 4.78 is 62.3. The monoisotopic (exact) mass is 908 g/mol. The number of nitrogens with one attached hydrogen (secondary N) is 2. The van der Waals surface area contributed by atoms with Crippen LogP contribution >= 0.6 is 0 Å². The van der Waals surface area contributed by atoms with Gasteiger partial charge < -0.3 is 19.7 Å². The summed E-state index contributed by atoms with van der Waals surface area (Å²) in [5.41, 5.74) is 3.48. The van der Waals surface area contributed by atoms with Crippen LogP contribution < -0.4 is 19.9 Å². The quantitative estimate of drug-likeness (QED) is 0.0834. The minimum Gasteiger partial charge on any atom is -0.387 e. The molecule has 2 atom stereocenters. The first-order valence-corrected chi connectivity index (χ1v) is 21.9. The molecule has 16 nitrogen and oxygen atoms in total. The lowest BCUT2D eigenvalue weighted by Gasteiger charge is -2.19. The van der Waals surface area contributed by atoms with Crippen LogP contribution in [-0.4, -0.2) is 44.0 Å². The second-order valence-electron chi connectivity index (χ2n) is 14.9. The molecule has 4 N–H and O–H groups in total. The fourth-order valence-corrected chi connectivity index (χ4v) is 6.91. The van der Waals surface area contributed by atoms with Crippen molar-refractivity contribution in [2.75, 3.05) is 5.32 Å². The molecule has 6 rings (SSSR count). The van der Waals surface area contributed by atoms with Gasteiger partial charge in [0, 0.05) is 41.2 Å². The Balaban J connectivity index is 0.000000239. The van der Waals surface area contributed by atoms with E-state index < -0.39 is 39.6 Å². The third kappa shape index (κ3) is 13.2. The molecule has 0 bridgehead atoms. The number of ether oxygens (including phenoxy) is 1. The minimum atomic E-state index is -1.88. The van der Waals surface area contributed by atoms with Crippen LogP contribution in [0.2, 0.25) is 0 Å². The molecule has 4 aromatic heterocycles. The van der Waals surface area contributed by atoms with Crippen LogP contribution in [0.3, 0.4) is 0 Å². The first-order valence-electron chi connectivity index (χ1n) is 19.5. The van der Waals surface area contributed by atoms with Crippen LogP contribution in [0.15, 0.2) is 95.5 Å². The molecule has 0 saturated carbocycles. The summed E-state index contributed by atoms with van der Waals surface area (Å²) in [5.74, 6) is -0.352. The van der Waals surface area contributed by atoms with E-state index >= 15 is 0 Å². The molecule has 64 heavy (non-hydrogen) atoms. The number of nitrogens with zero attached hydrogens (tertiary/aromatic N) is 9. The van der Waals surface area contributed by atoms with E-state index in [0.717, 1.165) is 0 Å². The number of aromatic nitrogens is 6. The van der Waals surface area contributed by atoms with Gasteiger partial charge in [0.15, 0.2) is 26.8 Å². The lowest BCUT2D eigenvalue weighted by molar-refractivity contribution is 0.257. The smallest absolute Gasteiger partial charge is 0.331 e. The molecular formula is C44H46F2N12O4S2. The normalized spacial score (nSPS) is 11.6. The van der Waals surface area contributed by atoms with Crippen LogP contribution in [0.5, 0.6) is 5.75 Å². The van der Waals surface area contributed by atoms with E-state index in [4.69, 9.17) is 28.3 Å². The fourth-order valence-electron chi connectivity index (χ4n) is 5.86. The van der Waals surface area contributed by atoms with Crippen molar-refractivity contribution in [3.05, 3.63) is 131 Å². The van der Waals surface area contributed by atoms with Gasteiger partial charge in [0.1, 0.15) is 35.0 Å². The third-order valence-corrected chi connectivity index (χ3v) is 10.6. The highest BCUT2D eigenvalue weighted by Crippen LogP contribution is 2.39. The van der Waals surface area contributed by atoms with Crippen molar-refractivity contribution in [1.82, 2.24) is 34.3 Å². The molecule has 332 valence electrons. The average Bonchev–Trinajstić information content (AvgIpc) is 3.98. The number of hydrogen-bond acceptors (Lipinski definition) is 9. The Hall–Kier alpha value is -7.18. The van der Waals surface area contributed by atoms with E-state index in [9.17, 15) is 22.0 Å². The average molecular weight is 909 g/mol. The summed E-state index contributed by atoms with van der Waals surface area (Å²) in [5, 5.41) is 25.5. The number of amides is 2. The number of rotatable bonds is 11. The number of carbonyl (C=O) groups excluding carboxylic acids is 1. The standard InChI is InChI=1S/C22H23FN6O2S.C16H12FN3O.C6H11N3OS/c1-13(2)17-11-16(23)12-18(15-6-8-25-19(10-15)24-5)21(17)26-22(30)28-32(31)20-7-9-29(27-20)14(3)4;1-10(2)13-7-12(17)8-14(16(13)21-9-18)11-4-5-20-15(6-11)19-3;1-5(2)9-4-3-6(8-9)11(7)10/h6-14H,1-4H3,(H2,26,28,30);4-8,10H,1-2H3;3-5H,7H2,1-2H3. The van der Waals surface area contributed by atoms with Gasteiger partial charge in [-0.1, -0.05) is 40.8 Å². The Kier molecular flexibility index (Phi) is 17.6. The maximum Gasteiger partial charge on any atom is 0.331 e. The largest absolute Gasteiger partial charge is 0.387 e. The highest BCUT2D eigenvalue weighted by Gasteiger charge is 2.21. The van der Waals surface area contributed by atoms with Gasteiger partial charge in [-0.05, 0) is 117 Å². The number of anilines is 1. The Morgan fingerprint density at radius 1 is 0.766 bits per heavy atom. The topological polar surface area (TPSA) is 204 Å². The molecule has 0 aliphatic heterocycles. The molecule has 0 fully saturated rings. The van der Waals surface area contributed by atoms with Crippen LogP contribution in [0, 0.1) is 36.3 Å². The van der Waals surface area contributed by atoms with Gasteiger partial charge >= 0.3 is 6.03 Å². The van der Waals surface area contributed by atoms with E-state index in [1.807, 2.05) is 55.4 Å². The summed E-state index contributed by atoms with van der Waals surface area (Å²) in [6, 6.07) is 14.5. The van der Waals surface area contributed by atoms with Crippen molar-refractivity contribution >= 4 is 45.3 Å². The first-order chi connectivity index (χ1) is 30.4.